The second kappa shape index (κ2) is 96.5. The van der Waals surface area contributed by atoms with E-state index in [2.05, 4.69) is 133 Å². The van der Waals surface area contributed by atoms with E-state index in [1.54, 1.807) is 73.5 Å². The molecule has 2 amide bonds. The number of hydrogen-bond donors (Lipinski definition) is 17. The van der Waals surface area contributed by atoms with E-state index in [9.17, 15) is 33.6 Å². The third-order valence-electron chi connectivity index (χ3n) is 20.7. The number of nitrogens with one attached hydrogen (secondary N) is 5. The third kappa shape index (κ3) is 78.2. The standard InChI is InChI=1S/C25H28O6.C19H22O6.C13H13NS2.C10H16N2O2S2.C8H19N3.C8H11NO.C7H16N2.C6H16N2O2.C5H14N2O.C4H10N2.C3H9NO2/c1-5-23(26)30-17-15-28-21-11-7-19(8-12-21)25(3,4)20-9-13-22(14-10-20)29-16-18-31-24(27)6-2;1-4-16(20)23-12-19(6-3,13-24-17(21)5-2)14-25-18(22)15-10-8-7-9-11-15;1-10-2-6-12(7-3-10)15-16-13-8-4-11(14)5-9-13;1-3-9(13)11-5-7-15-16-8-6-12-10(14)4-2;1-10-5-7-11(8-6-10)4-2-3-9;9-6-7-10-8-4-2-1-3-5-8;8-4-3-7-9-5-1-2-6-9;7-1-2-8(3-5-9)4-6-10;6-2-1-3-7-4-5-8;1-2-6-4-3-5-1;4-3(1-5)2-6/h5-14H,1-2,15-18H2,3-4H3;4-5,7-11H,1-2,6,12-14H2,3H3;2-9H,14H2,1H3;3-4H,1-2,5-8H2,(H,11,13)(H,12,14);2-9H2,1H3;1-5H,6-7,9H2;1-8H2;9-10H,1-7H2;7-8H,1-6H2;5-6H,1-4H2;3,5-6H,1-2,4H2. The van der Waals surface area contributed by atoms with Gasteiger partial charge in [-0.25, -0.2) is 24.0 Å². The Kier molecular flexibility index (Phi) is 91.3. The van der Waals surface area contributed by atoms with Crippen molar-refractivity contribution in [3.63, 3.8) is 0 Å². The Balaban J connectivity index is 0. The summed E-state index contributed by atoms with van der Waals surface area (Å²) in [5.74, 6) is 1.000. The molecule has 3 saturated heterocycles. The minimum Gasteiger partial charge on any atom is -0.492 e. The van der Waals surface area contributed by atoms with E-state index in [1.807, 2.05) is 115 Å². The van der Waals surface area contributed by atoms with Gasteiger partial charge in [-0.1, -0.05) is 182 Å². The minimum atomic E-state index is -0.859. The van der Waals surface area contributed by atoms with Gasteiger partial charge in [-0.2, -0.15) is 0 Å². The lowest BCUT2D eigenvalue weighted by Crippen LogP contribution is -2.44. The van der Waals surface area contributed by atoms with E-state index in [0.29, 0.717) is 75.9 Å². The van der Waals surface area contributed by atoms with Crippen LogP contribution >= 0.6 is 43.2 Å². The van der Waals surface area contributed by atoms with Gasteiger partial charge < -0.3 is 145 Å². The maximum absolute atomic E-state index is 12.1. The lowest BCUT2D eigenvalue weighted by atomic mass is 9.78. The van der Waals surface area contributed by atoms with Gasteiger partial charge in [-0.15, -0.1) is 0 Å². The van der Waals surface area contributed by atoms with Crippen LogP contribution in [0.1, 0.15) is 86.3 Å². The van der Waals surface area contributed by atoms with Crippen LogP contribution in [0, 0.1) is 12.3 Å². The number of anilines is 1. The number of likely N-dealkylation sites (N-methyl/N-ethyl adjacent to an activating group) is 1. The molecular weight excluding hydrogens is 1970 g/mol. The molecule has 0 aliphatic carbocycles. The second-order valence-electron chi connectivity index (χ2n) is 33.0. The van der Waals surface area contributed by atoms with Crippen LogP contribution in [0.5, 0.6) is 17.2 Å². The van der Waals surface area contributed by atoms with Gasteiger partial charge in [-0.3, -0.25) is 14.5 Å². The summed E-state index contributed by atoms with van der Waals surface area (Å²) < 4.78 is 41.7. The van der Waals surface area contributed by atoms with Crippen molar-refractivity contribution in [1.82, 2.24) is 46.2 Å². The molecule has 3 fully saturated rings. The Morgan fingerprint density at radius 3 is 1.24 bits per heavy atom. The molecule has 40 heteroatoms. The van der Waals surface area contributed by atoms with Gasteiger partial charge in [0.2, 0.25) is 11.8 Å². The Morgan fingerprint density at radius 2 is 0.865 bits per heavy atom. The first-order valence-electron chi connectivity index (χ1n) is 49.7. The van der Waals surface area contributed by atoms with Gasteiger partial charge in [-0.05, 0) is 213 Å². The number of para-hydroxylation sites is 1. The zero-order valence-electron chi connectivity index (χ0n) is 87.9. The average molecular weight is 2140 g/mol. The van der Waals surface area contributed by atoms with Crippen LogP contribution in [0.15, 0.2) is 243 Å². The lowest BCUT2D eigenvalue weighted by Gasteiger charge is -2.32. The summed E-state index contributed by atoms with van der Waals surface area (Å²) in [6, 6.07) is 49.8. The van der Waals surface area contributed by atoms with Crippen LogP contribution in [-0.2, 0) is 57.9 Å². The zero-order valence-corrected chi connectivity index (χ0v) is 91.2. The molecule has 0 atom stereocenters. The maximum atomic E-state index is 12.1. The van der Waals surface area contributed by atoms with Crippen molar-refractivity contribution in [2.24, 2.45) is 39.8 Å². The van der Waals surface area contributed by atoms with E-state index in [0.717, 1.165) is 130 Å². The third-order valence-corrected chi connectivity index (χ3v) is 25.5. The Morgan fingerprint density at radius 1 is 0.459 bits per heavy atom. The number of aliphatic hydroxyl groups is 5. The number of nitrogens with zero attached hydrogens (tertiary/aromatic N) is 4. The van der Waals surface area contributed by atoms with E-state index in [1.165, 1.54) is 99.1 Å². The molecule has 0 bridgehead atoms. The van der Waals surface area contributed by atoms with Gasteiger partial charge >= 0.3 is 29.8 Å². The van der Waals surface area contributed by atoms with E-state index in [4.69, 9.17) is 104 Å². The molecule has 36 nitrogen and oxygen atoms in total. The number of benzene rings is 6. The summed E-state index contributed by atoms with van der Waals surface area (Å²) >= 11 is 0. The predicted molar refractivity (Wildman–Crippen MR) is 604 cm³/mol. The van der Waals surface area contributed by atoms with Crippen molar-refractivity contribution >= 4 is 90.5 Å². The Labute approximate surface area is 895 Å². The van der Waals surface area contributed by atoms with Crippen molar-refractivity contribution < 1.29 is 97.0 Å². The van der Waals surface area contributed by atoms with Gasteiger partial charge in [0.1, 0.15) is 70.1 Å². The topological polar surface area (TPSA) is 550 Å². The number of hydrogen-bond acceptors (Lipinski definition) is 38. The summed E-state index contributed by atoms with van der Waals surface area (Å²) in [6.07, 6.45) is 13.3. The van der Waals surface area contributed by atoms with E-state index >= 15 is 0 Å². The first-order chi connectivity index (χ1) is 71.5. The van der Waals surface area contributed by atoms with Crippen LogP contribution in [0.4, 0.5) is 5.69 Å². The molecule has 6 aromatic carbocycles. The van der Waals surface area contributed by atoms with Crippen molar-refractivity contribution in [2.75, 3.05) is 267 Å². The molecule has 9 rings (SSSR count). The lowest BCUT2D eigenvalue weighted by molar-refractivity contribution is -0.150. The molecule has 148 heavy (non-hydrogen) atoms. The molecular formula is C108H174N16O20S4. The molecule has 0 radical (unpaired) electrons. The number of piperazine rings is 2. The molecule has 6 aromatic rings. The first-order valence-corrected chi connectivity index (χ1v) is 54.3. The molecule has 3 aliphatic heterocycles. The smallest absolute Gasteiger partial charge is 0.338 e. The van der Waals surface area contributed by atoms with Crippen LogP contribution in [0.25, 0.3) is 0 Å². The highest BCUT2D eigenvalue weighted by Crippen LogP contribution is 2.38. The van der Waals surface area contributed by atoms with E-state index in [-0.39, 0.29) is 96.5 Å². The number of esters is 5. The summed E-state index contributed by atoms with van der Waals surface area (Å²) in [4.78, 5) is 90.1. The van der Waals surface area contributed by atoms with Crippen molar-refractivity contribution in [3.05, 3.63) is 256 Å². The second-order valence-corrected chi connectivity index (χ2v) is 37.9. The van der Waals surface area contributed by atoms with Crippen LogP contribution in [0.3, 0.4) is 0 Å². The predicted octanol–water partition coefficient (Wildman–Crippen LogP) is 7.94. The Hall–Kier alpha value is -10.1. The SMILES string of the molecule is C1CNCCN1.C=CC(=O)NCCSSCCNC(=O)C=C.C=CC(=O)OCC(CC)(COC(=O)C=C)COC(=O)c1ccccc1.C=CC(=O)OCCOc1ccc(C(C)(C)c2ccc(OCCOC(=O)C=C)cc2)cc1.CN1CCN(CCCN)CC1.Cc1ccc(SSc2ccc(N)cc2)cc1.NC(CO)CO.NCCCN1CCCC1.NCCCNCCO.NCCN(CCO)CCO.NCCOc1ccccc1. The molecule has 0 saturated carbocycles. The number of carbonyl (C=O) groups excluding carboxylic acids is 7. The van der Waals surface area contributed by atoms with E-state index < -0.39 is 41.3 Å². The number of nitrogens with two attached hydrogens (primary N) is 7. The number of likely N-dealkylation sites (tertiary alicyclic amines) is 1. The van der Waals surface area contributed by atoms with Gasteiger partial charge in [0.25, 0.3) is 0 Å². The van der Waals surface area contributed by atoms with Crippen LogP contribution in [0.2, 0.25) is 0 Å². The number of aryl methyl sites for hydroxylation is 1. The normalized spacial score (nSPS) is 12.3. The minimum absolute atomic E-state index is 0.0773. The fourth-order valence-corrected chi connectivity index (χ4v) is 15.6. The number of aliphatic hydroxyl groups excluding tert-OH is 5. The van der Waals surface area contributed by atoms with Gasteiger partial charge in [0.05, 0.1) is 50.1 Å². The molecule has 24 N–H and O–H groups in total. The van der Waals surface area contributed by atoms with Crippen molar-refractivity contribution in [1.29, 1.82) is 0 Å². The van der Waals surface area contributed by atoms with Crippen molar-refractivity contribution in [3.8, 4) is 17.2 Å². The quantitative estimate of drug-likeness (QED) is 0.00430. The average Bonchev–Trinajstić information content (AvgIpc) is 0.902. The fourth-order valence-electron chi connectivity index (χ4n) is 11.9. The van der Waals surface area contributed by atoms with Gasteiger partial charge in [0, 0.05) is 161 Å². The number of nitrogen functional groups attached to an aromatic ring is 1. The summed E-state index contributed by atoms with van der Waals surface area (Å²) in [7, 11) is 9.00. The highest BCUT2D eigenvalue weighted by Gasteiger charge is 2.34. The molecule has 830 valence electrons. The maximum Gasteiger partial charge on any atom is 0.338 e. The molecule has 0 unspecified atom stereocenters. The van der Waals surface area contributed by atoms with Crippen molar-refractivity contribution in [2.45, 2.75) is 87.5 Å². The number of amides is 2. The summed E-state index contributed by atoms with van der Waals surface area (Å²) in [5.41, 5.74) is 40.8. The van der Waals surface area contributed by atoms with Gasteiger partial charge in [0.15, 0.2) is 0 Å². The molecule has 3 aliphatic rings. The number of carbonyl (C=O) groups is 7. The van der Waals surface area contributed by atoms with Crippen LogP contribution in [-0.4, -0.2) is 354 Å². The fraction of sp³-hybridized carbons (Fsp3) is 0.491. The molecule has 3 heterocycles. The summed E-state index contributed by atoms with van der Waals surface area (Å²) in [5, 5.41) is 56.2. The Bertz CT molecular complexity index is 4140. The largest absolute Gasteiger partial charge is 0.492 e. The highest BCUT2D eigenvalue weighted by molar-refractivity contribution is 8.77. The monoisotopic (exact) mass is 2140 g/mol. The van der Waals surface area contributed by atoms with Crippen LogP contribution < -0.4 is 80.9 Å². The highest BCUT2D eigenvalue weighted by atomic mass is 33.1. The summed E-state index contributed by atoms with van der Waals surface area (Å²) in [6.45, 7) is 52.4. The first kappa shape index (κ1) is 140. The molecule has 0 spiro atoms. The number of rotatable bonds is 56. The molecule has 0 aromatic heterocycles. The zero-order chi connectivity index (χ0) is 110. The number of ether oxygens (including phenoxy) is 8.